The summed E-state index contributed by atoms with van der Waals surface area (Å²) in [6.07, 6.45) is 0. The van der Waals surface area contributed by atoms with Crippen LogP contribution in [0.1, 0.15) is 16.3 Å². The van der Waals surface area contributed by atoms with E-state index in [1.165, 1.54) is 0 Å². The SMILES string of the molecule is COc1ccccc1N1CCN(C(=O)c2cc(N3CCOCC3)nc(C)n2)CC1. The maximum absolute atomic E-state index is 13.1. The predicted octanol–water partition coefficient (Wildman–Crippen LogP) is 1.59. The molecule has 0 bridgehead atoms. The number of benzene rings is 1. The van der Waals surface area contributed by atoms with E-state index in [0.29, 0.717) is 37.8 Å². The van der Waals surface area contributed by atoms with Crippen molar-refractivity contribution in [1.29, 1.82) is 0 Å². The molecule has 0 spiro atoms. The zero-order chi connectivity index (χ0) is 20.2. The molecule has 2 aliphatic rings. The highest BCUT2D eigenvalue weighted by atomic mass is 16.5. The van der Waals surface area contributed by atoms with Crippen molar-refractivity contribution >= 4 is 17.4 Å². The number of anilines is 2. The van der Waals surface area contributed by atoms with Crippen LogP contribution in [0.4, 0.5) is 11.5 Å². The number of aromatic nitrogens is 2. The molecule has 0 unspecified atom stereocenters. The number of rotatable bonds is 4. The largest absolute Gasteiger partial charge is 0.495 e. The second kappa shape index (κ2) is 8.65. The summed E-state index contributed by atoms with van der Waals surface area (Å²) < 4.78 is 10.9. The van der Waals surface area contributed by atoms with Crippen molar-refractivity contribution in [3.8, 4) is 5.75 Å². The minimum atomic E-state index is -0.0373. The number of carbonyl (C=O) groups excluding carboxylic acids is 1. The summed E-state index contributed by atoms with van der Waals surface area (Å²) >= 11 is 0. The first-order chi connectivity index (χ1) is 14.2. The number of para-hydroxylation sites is 2. The fraction of sp³-hybridized carbons (Fsp3) is 0.476. The Hall–Kier alpha value is -2.87. The Bertz CT molecular complexity index is 861. The van der Waals surface area contributed by atoms with Crippen molar-refractivity contribution in [2.24, 2.45) is 0 Å². The maximum atomic E-state index is 13.1. The molecule has 2 saturated heterocycles. The third-order valence-corrected chi connectivity index (χ3v) is 5.37. The van der Waals surface area contributed by atoms with Gasteiger partial charge >= 0.3 is 0 Å². The quantitative estimate of drug-likeness (QED) is 0.776. The third kappa shape index (κ3) is 4.27. The highest BCUT2D eigenvalue weighted by molar-refractivity contribution is 5.93. The average molecular weight is 397 g/mol. The van der Waals surface area contributed by atoms with Crippen LogP contribution in [-0.4, -0.2) is 80.4 Å². The van der Waals surface area contributed by atoms with Crippen LogP contribution in [0.2, 0.25) is 0 Å². The van der Waals surface area contributed by atoms with E-state index in [1.54, 1.807) is 7.11 Å². The van der Waals surface area contributed by atoms with Gasteiger partial charge in [0.05, 0.1) is 26.0 Å². The van der Waals surface area contributed by atoms with Crippen molar-refractivity contribution in [1.82, 2.24) is 14.9 Å². The third-order valence-electron chi connectivity index (χ3n) is 5.37. The molecule has 4 rings (SSSR count). The van der Waals surface area contributed by atoms with Crippen molar-refractivity contribution in [2.45, 2.75) is 6.92 Å². The molecule has 0 saturated carbocycles. The normalized spacial score (nSPS) is 17.4. The smallest absolute Gasteiger partial charge is 0.272 e. The number of hydrogen-bond acceptors (Lipinski definition) is 7. The lowest BCUT2D eigenvalue weighted by atomic mass is 10.2. The first kappa shape index (κ1) is 19.4. The van der Waals surface area contributed by atoms with E-state index < -0.39 is 0 Å². The fourth-order valence-electron chi connectivity index (χ4n) is 3.82. The van der Waals surface area contributed by atoms with Crippen LogP contribution >= 0.6 is 0 Å². The number of piperazine rings is 1. The lowest BCUT2D eigenvalue weighted by Crippen LogP contribution is -2.49. The van der Waals surface area contributed by atoms with Gasteiger partial charge in [0.15, 0.2) is 0 Å². The van der Waals surface area contributed by atoms with E-state index in [-0.39, 0.29) is 5.91 Å². The van der Waals surface area contributed by atoms with Crippen LogP contribution < -0.4 is 14.5 Å². The molecule has 8 nitrogen and oxygen atoms in total. The molecule has 0 atom stereocenters. The molecular weight excluding hydrogens is 370 g/mol. The van der Waals surface area contributed by atoms with Gasteiger partial charge in [-0.05, 0) is 19.1 Å². The molecule has 3 heterocycles. The zero-order valence-electron chi connectivity index (χ0n) is 17.0. The molecule has 0 radical (unpaired) electrons. The number of ether oxygens (including phenoxy) is 2. The van der Waals surface area contributed by atoms with Crippen LogP contribution in [0.15, 0.2) is 30.3 Å². The second-order valence-electron chi connectivity index (χ2n) is 7.21. The summed E-state index contributed by atoms with van der Waals surface area (Å²) in [7, 11) is 1.68. The summed E-state index contributed by atoms with van der Waals surface area (Å²) in [6, 6.07) is 9.80. The lowest BCUT2D eigenvalue weighted by molar-refractivity contribution is 0.0740. The van der Waals surface area contributed by atoms with Gasteiger partial charge in [-0.2, -0.15) is 0 Å². The summed E-state index contributed by atoms with van der Waals surface area (Å²) in [5.74, 6) is 2.24. The molecular formula is C21H27N5O3. The molecule has 1 aromatic heterocycles. The number of nitrogens with zero attached hydrogens (tertiary/aromatic N) is 5. The average Bonchev–Trinajstić information content (AvgIpc) is 2.79. The van der Waals surface area contributed by atoms with Crippen LogP contribution in [0.3, 0.4) is 0 Å². The van der Waals surface area contributed by atoms with Gasteiger partial charge in [-0.3, -0.25) is 4.79 Å². The first-order valence-electron chi connectivity index (χ1n) is 10.0. The minimum Gasteiger partial charge on any atom is -0.495 e. The molecule has 2 aromatic rings. The molecule has 1 amide bonds. The monoisotopic (exact) mass is 397 g/mol. The molecule has 8 heteroatoms. The summed E-state index contributed by atoms with van der Waals surface area (Å²) in [4.78, 5) is 28.3. The first-order valence-corrected chi connectivity index (χ1v) is 10.0. The number of aryl methyl sites for hydroxylation is 1. The number of amides is 1. The summed E-state index contributed by atoms with van der Waals surface area (Å²) in [6.45, 7) is 7.55. The van der Waals surface area contributed by atoms with Gasteiger partial charge in [-0.25, -0.2) is 9.97 Å². The molecule has 29 heavy (non-hydrogen) atoms. The van der Waals surface area contributed by atoms with E-state index in [0.717, 1.165) is 43.4 Å². The van der Waals surface area contributed by atoms with Crippen LogP contribution in [0, 0.1) is 6.92 Å². The molecule has 0 aliphatic carbocycles. The fourth-order valence-corrected chi connectivity index (χ4v) is 3.82. The lowest BCUT2D eigenvalue weighted by Gasteiger charge is -2.36. The molecule has 2 aliphatic heterocycles. The summed E-state index contributed by atoms with van der Waals surface area (Å²) in [5.41, 5.74) is 1.53. The van der Waals surface area contributed by atoms with Crippen molar-refractivity contribution in [2.75, 3.05) is 69.4 Å². The van der Waals surface area contributed by atoms with E-state index >= 15 is 0 Å². The Morgan fingerprint density at radius 3 is 2.45 bits per heavy atom. The zero-order valence-corrected chi connectivity index (χ0v) is 17.0. The molecule has 0 N–H and O–H groups in total. The van der Waals surface area contributed by atoms with Crippen molar-refractivity contribution < 1.29 is 14.3 Å². The number of carbonyl (C=O) groups is 1. The second-order valence-corrected chi connectivity index (χ2v) is 7.21. The van der Waals surface area contributed by atoms with Crippen LogP contribution in [0.25, 0.3) is 0 Å². The summed E-state index contributed by atoms with van der Waals surface area (Å²) in [5, 5.41) is 0. The minimum absolute atomic E-state index is 0.0373. The van der Waals surface area contributed by atoms with Gasteiger partial charge in [0.25, 0.3) is 5.91 Å². The number of methoxy groups -OCH3 is 1. The van der Waals surface area contributed by atoms with Gasteiger partial charge < -0.3 is 24.2 Å². The van der Waals surface area contributed by atoms with E-state index in [9.17, 15) is 4.79 Å². The Morgan fingerprint density at radius 2 is 1.72 bits per heavy atom. The standard InChI is InChI=1S/C21H27N5O3/c1-16-22-17(15-20(23-16)25-11-13-29-14-12-25)21(27)26-9-7-24(8-10-26)18-5-3-4-6-19(18)28-2/h3-6,15H,7-14H2,1-2H3. The van der Waals surface area contributed by atoms with Crippen molar-refractivity contribution in [3.63, 3.8) is 0 Å². The van der Waals surface area contributed by atoms with Crippen LogP contribution in [-0.2, 0) is 4.74 Å². The van der Waals surface area contributed by atoms with Gasteiger partial charge in [0.1, 0.15) is 23.1 Å². The Morgan fingerprint density at radius 1 is 1.00 bits per heavy atom. The predicted molar refractivity (Wildman–Crippen MR) is 111 cm³/mol. The molecule has 154 valence electrons. The van der Waals surface area contributed by atoms with Gasteiger partial charge in [-0.15, -0.1) is 0 Å². The Balaban J connectivity index is 1.45. The Kier molecular flexibility index (Phi) is 5.80. The number of hydrogen-bond donors (Lipinski definition) is 0. The number of morpholine rings is 1. The van der Waals surface area contributed by atoms with Gasteiger partial charge in [-0.1, -0.05) is 12.1 Å². The van der Waals surface area contributed by atoms with Crippen LogP contribution in [0.5, 0.6) is 5.75 Å². The van der Waals surface area contributed by atoms with Crippen molar-refractivity contribution in [3.05, 3.63) is 41.9 Å². The van der Waals surface area contributed by atoms with E-state index in [1.807, 2.05) is 36.1 Å². The Labute approximate surface area is 171 Å². The topological polar surface area (TPSA) is 71.0 Å². The highest BCUT2D eigenvalue weighted by Gasteiger charge is 2.25. The maximum Gasteiger partial charge on any atom is 0.272 e. The van der Waals surface area contributed by atoms with Gasteiger partial charge in [0.2, 0.25) is 0 Å². The van der Waals surface area contributed by atoms with E-state index in [2.05, 4.69) is 25.8 Å². The highest BCUT2D eigenvalue weighted by Crippen LogP contribution is 2.28. The van der Waals surface area contributed by atoms with Gasteiger partial charge in [0, 0.05) is 45.3 Å². The molecule has 2 fully saturated rings. The molecule has 1 aromatic carbocycles. The van der Waals surface area contributed by atoms with E-state index in [4.69, 9.17) is 9.47 Å².